The molecule has 0 N–H and O–H groups in total. The molecule has 0 saturated carbocycles. The zero-order valence-electron chi connectivity index (χ0n) is 12.4. The molecule has 8 heteroatoms. The average Bonchev–Trinajstić information content (AvgIpc) is 3.12. The molecule has 1 amide bonds. The zero-order valence-corrected chi connectivity index (χ0v) is 13.2. The van der Waals surface area contributed by atoms with Crippen LogP contribution in [-0.4, -0.2) is 45.9 Å². The maximum atomic E-state index is 12.4. The molecule has 0 bridgehead atoms. The Morgan fingerprint density at radius 1 is 1.50 bits per heavy atom. The third-order valence-corrected chi connectivity index (χ3v) is 4.41. The van der Waals surface area contributed by atoms with Gasteiger partial charge in [-0.25, -0.2) is 4.79 Å². The van der Waals surface area contributed by atoms with E-state index in [4.69, 9.17) is 9.15 Å². The van der Waals surface area contributed by atoms with Gasteiger partial charge in [-0.1, -0.05) is 6.07 Å². The van der Waals surface area contributed by atoms with Crippen LogP contribution < -0.4 is 5.76 Å². The monoisotopic (exact) mass is 323 g/mol. The lowest BCUT2D eigenvalue weighted by Gasteiger charge is -2.36. The molecule has 0 aliphatic carbocycles. The largest absolute Gasteiger partial charge is 0.437 e. The van der Waals surface area contributed by atoms with E-state index in [1.165, 1.54) is 11.3 Å². The van der Waals surface area contributed by atoms with E-state index in [9.17, 15) is 9.59 Å². The predicted octanol–water partition coefficient (Wildman–Crippen LogP) is 1.20. The SMILES string of the molecule is CC1CN(C(=O)Cn2nc(-c3cccs3)oc2=O)C(C)CO1. The van der Waals surface area contributed by atoms with Gasteiger partial charge in [0, 0.05) is 6.54 Å². The molecule has 3 rings (SSSR count). The number of carbonyl (C=O) groups is 1. The van der Waals surface area contributed by atoms with E-state index in [0.29, 0.717) is 13.2 Å². The maximum Gasteiger partial charge on any atom is 0.437 e. The summed E-state index contributed by atoms with van der Waals surface area (Å²) in [6.07, 6.45) is -0.00383. The Bertz CT molecular complexity index is 706. The van der Waals surface area contributed by atoms with E-state index in [1.54, 1.807) is 4.90 Å². The van der Waals surface area contributed by atoms with Crippen LogP contribution in [0, 0.1) is 0 Å². The first-order valence-electron chi connectivity index (χ1n) is 7.07. The molecule has 2 aromatic rings. The summed E-state index contributed by atoms with van der Waals surface area (Å²) >= 11 is 1.43. The molecule has 7 nitrogen and oxygen atoms in total. The molecular weight excluding hydrogens is 306 g/mol. The quantitative estimate of drug-likeness (QED) is 0.848. The zero-order chi connectivity index (χ0) is 15.7. The van der Waals surface area contributed by atoms with Gasteiger partial charge in [0.25, 0.3) is 5.89 Å². The lowest BCUT2D eigenvalue weighted by Crippen LogP contribution is -2.51. The highest BCUT2D eigenvalue weighted by molar-refractivity contribution is 7.13. The van der Waals surface area contributed by atoms with Gasteiger partial charge < -0.3 is 14.1 Å². The summed E-state index contributed by atoms with van der Waals surface area (Å²) in [5.41, 5.74) is 0. The first-order chi connectivity index (χ1) is 10.5. The molecule has 22 heavy (non-hydrogen) atoms. The van der Waals surface area contributed by atoms with Crippen molar-refractivity contribution in [1.29, 1.82) is 0 Å². The van der Waals surface area contributed by atoms with Crippen LogP contribution >= 0.6 is 11.3 Å². The van der Waals surface area contributed by atoms with Crippen molar-refractivity contribution in [3.63, 3.8) is 0 Å². The van der Waals surface area contributed by atoms with Crippen LogP contribution in [0.25, 0.3) is 10.8 Å². The highest BCUT2D eigenvalue weighted by atomic mass is 32.1. The molecule has 3 heterocycles. The van der Waals surface area contributed by atoms with Crippen molar-refractivity contribution < 1.29 is 13.9 Å². The van der Waals surface area contributed by atoms with Gasteiger partial charge in [-0.2, -0.15) is 4.68 Å². The highest BCUT2D eigenvalue weighted by Gasteiger charge is 2.28. The molecule has 1 saturated heterocycles. The standard InChI is InChI=1S/C14H17N3O4S/c1-9-8-20-10(2)6-16(9)12(18)7-17-14(19)21-13(15-17)11-4-3-5-22-11/h3-5,9-10H,6-8H2,1-2H3. The number of thiophene rings is 1. The number of carbonyl (C=O) groups excluding carboxylic acids is 1. The van der Waals surface area contributed by atoms with Gasteiger partial charge in [-0.15, -0.1) is 16.4 Å². The molecule has 0 radical (unpaired) electrons. The molecule has 0 aromatic carbocycles. The second kappa shape index (κ2) is 6.05. The molecule has 1 fully saturated rings. The van der Waals surface area contributed by atoms with Crippen molar-refractivity contribution in [1.82, 2.24) is 14.7 Å². The van der Waals surface area contributed by atoms with Crippen LogP contribution in [0.3, 0.4) is 0 Å². The van der Waals surface area contributed by atoms with Gasteiger partial charge in [0.1, 0.15) is 6.54 Å². The molecule has 2 unspecified atom stereocenters. The molecule has 1 aliphatic heterocycles. The minimum absolute atomic E-state index is 0.00383. The maximum absolute atomic E-state index is 12.4. The van der Waals surface area contributed by atoms with Gasteiger partial charge in [0.2, 0.25) is 5.91 Å². The fourth-order valence-corrected chi connectivity index (χ4v) is 3.02. The number of morpholine rings is 1. The number of hydrogen-bond acceptors (Lipinski definition) is 6. The van der Waals surface area contributed by atoms with Gasteiger partial charge >= 0.3 is 5.76 Å². The Morgan fingerprint density at radius 3 is 3.05 bits per heavy atom. The summed E-state index contributed by atoms with van der Waals surface area (Å²) < 4.78 is 11.7. The summed E-state index contributed by atoms with van der Waals surface area (Å²) in [4.78, 5) is 26.7. The Balaban J connectivity index is 1.75. The number of rotatable bonds is 3. The van der Waals surface area contributed by atoms with E-state index >= 15 is 0 Å². The summed E-state index contributed by atoms with van der Waals surface area (Å²) in [5, 5.41) is 5.97. The normalized spacial score (nSPS) is 22.0. The molecule has 2 aromatic heterocycles. The first kappa shape index (κ1) is 15.0. The summed E-state index contributed by atoms with van der Waals surface area (Å²) in [7, 11) is 0. The molecule has 2 atom stereocenters. The third-order valence-electron chi connectivity index (χ3n) is 3.55. The van der Waals surface area contributed by atoms with Crippen molar-refractivity contribution in [2.75, 3.05) is 13.2 Å². The lowest BCUT2D eigenvalue weighted by molar-refractivity contribution is -0.144. The van der Waals surface area contributed by atoms with Crippen LogP contribution in [0.5, 0.6) is 0 Å². The van der Waals surface area contributed by atoms with Crippen molar-refractivity contribution >= 4 is 17.2 Å². The summed E-state index contributed by atoms with van der Waals surface area (Å²) in [6.45, 7) is 4.74. The summed E-state index contributed by atoms with van der Waals surface area (Å²) in [6, 6.07) is 3.65. The first-order valence-corrected chi connectivity index (χ1v) is 7.95. The Morgan fingerprint density at radius 2 is 2.32 bits per heavy atom. The van der Waals surface area contributed by atoms with Crippen LogP contribution in [0.1, 0.15) is 13.8 Å². The fraction of sp³-hybridized carbons (Fsp3) is 0.500. The Labute approximate surface area is 131 Å². The predicted molar refractivity (Wildman–Crippen MR) is 80.7 cm³/mol. The number of amides is 1. The van der Waals surface area contributed by atoms with Crippen LogP contribution in [0.2, 0.25) is 0 Å². The number of ether oxygens (including phenoxy) is 1. The van der Waals surface area contributed by atoms with E-state index in [0.717, 1.165) is 9.56 Å². The average molecular weight is 323 g/mol. The minimum Gasteiger partial charge on any atom is -0.387 e. The van der Waals surface area contributed by atoms with Crippen molar-refractivity contribution in [2.45, 2.75) is 32.5 Å². The van der Waals surface area contributed by atoms with Crippen molar-refractivity contribution in [3.05, 3.63) is 28.1 Å². The lowest BCUT2D eigenvalue weighted by atomic mass is 10.2. The second-order valence-electron chi connectivity index (χ2n) is 5.35. The smallest absolute Gasteiger partial charge is 0.387 e. The van der Waals surface area contributed by atoms with Crippen molar-refractivity contribution in [2.24, 2.45) is 0 Å². The van der Waals surface area contributed by atoms with Gasteiger partial charge in [0.05, 0.1) is 23.6 Å². The highest BCUT2D eigenvalue weighted by Crippen LogP contribution is 2.21. The van der Waals surface area contributed by atoms with E-state index in [1.807, 2.05) is 31.4 Å². The Kier molecular flexibility index (Phi) is 4.12. The number of aromatic nitrogens is 2. The van der Waals surface area contributed by atoms with Crippen molar-refractivity contribution in [3.8, 4) is 10.8 Å². The molecule has 0 spiro atoms. The van der Waals surface area contributed by atoms with Gasteiger partial charge in [-0.05, 0) is 25.3 Å². The molecular formula is C14H17N3O4S. The Hall–Kier alpha value is -1.93. The van der Waals surface area contributed by atoms with Gasteiger partial charge in [0.15, 0.2) is 0 Å². The van der Waals surface area contributed by atoms with Crippen LogP contribution in [0.15, 0.2) is 26.7 Å². The van der Waals surface area contributed by atoms with Crippen LogP contribution in [-0.2, 0) is 16.1 Å². The van der Waals surface area contributed by atoms with E-state index in [2.05, 4.69) is 5.10 Å². The second-order valence-corrected chi connectivity index (χ2v) is 6.29. The topological polar surface area (TPSA) is 77.6 Å². The fourth-order valence-electron chi connectivity index (χ4n) is 2.38. The third kappa shape index (κ3) is 2.97. The van der Waals surface area contributed by atoms with E-state index in [-0.39, 0.29) is 30.5 Å². The molecule has 118 valence electrons. The van der Waals surface area contributed by atoms with Crippen LogP contribution in [0.4, 0.5) is 0 Å². The minimum atomic E-state index is -0.620. The van der Waals surface area contributed by atoms with E-state index < -0.39 is 5.76 Å². The number of nitrogens with zero attached hydrogens (tertiary/aromatic N) is 3. The van der Waals surface area contributed by atoms with Gasteiger partial charge in [-0.3, -0.25) is 4.79 Å². The summed E-state index contributed by atoms with van der Waals surface area (Å²) in [5.74, 6) is -0.530. The number of hydrogen-bond donors (Lipinski definition) is 0. The molecule has 1 aliphatic rings.